The van der Waals surface area contributed by atoms with E-state index in [9.17, 15) is 5.11 Å². The molecule has 0 bridgehead atoms. The van der Waals surface area contributed by atoms with Crippen LogP contribution in [0.5, 0.6) is 5.75 Å². The van der Waals surface area contributed by atoms with Crippen LogP contribution in [0.2, 0.25) is 5.02 Å². The van der Waals surface area contributed by atoms with Crippen LogP contribution >= 0.6 is 24.2 Å². The first kappa shape index (κ1) is 8.73. The lowest BCUT2D eigenvalue weighted by Gasteiger charge is -2.03. The number of thiol groups is 1. The Morgan fingerprint density at radius 2 is 1.92 bits per heavy atom. The topological polar surface area (TPSA) is 20.2 Å². The predicted octanol–water partition coefficient (Wildman–Crippen LogP) is 3.49. The van der Waals surface area contributed by atoms with E-state index in [2.05, 4.69) is 12.6 Å². The third-order valence-corrected chi connectivity index (χ3v) is 2.53. The van der Waals surface area contributed by atoms with Gasteiger partial charge < -0.3 is 5.11 Å². The number of halogens is 1. The molecule has 2 aromatic rings. The fourth-order valence-electron chi connectivity index (χ4n) is 1.27. The summed E-state index contributed by atoms with van der Waals surface area (Å²) in [5.41, 5.74) is 0. The monoisotopic (exact) mass is 210 g/mol. The summed E-state index contributed by atoms with van der Waals surface area (Å²) < 4.78 is 0. The zero-order valence-corrected chi connectivity index (χ0v) is 8.31. The van der Waals surface area contributed by atoms with Crippen molar-refractivity contribution in [3.05, 3.63) is 35.4 Å². The van der Waals surface area contributed by atoms with Crippen LogP contribution in [-0.4, -0.2) is 5.11 Å². The van der Waals surface area contributed by atoms with E-state index in [-0.39, 0.29) is 5.75 Å². The highest BCUT2D eigenvalue weighted by Crippen LogP contribution is 2.32. The number of hydrogen-bond donors (Lipinski definition) is 2. The van der Waals surface area contributed by atoms with Crippen LogP contribution in [0.1, 0.15) is 0 Å². The SMILES string of the molecule is Oc1c(S)ccc2cc(Cl)ccc12. The number of phenolic OH excluding ortho intramolecular Hbond substituents is 1. The molecular weight excluding hydrogens is 204 g/mol. The maximum atomic E-state index is 9.63. The van der Waals surface area contributed by atoms with Crippen molar-refractivity contribution in [3.63, 3.8) is 0 Å². The van der Waals surface area contributed by atoms with E-state index in [4.69, 9.17) is 11.6 Å². The molecule has 13 heavy (non-hydrogen) atoms. The molecule has 0 aliphatic heterocycles. The normalized spacial score (nSPS) is 10.6. The Morgan fingerprint density at radius 3 is 2.69 bits per heavy atom. The van der Waals surface area contributed by atoms with Crippen LogP contribution < -0.4 is 0 Å². The van der Waals surface area contributed by atoms with Gasteiger partial charge in [-0.25, -0.2) is 0 Å². The Hall–Kier alpha value is -0.860. The van der Waals surface area contributed by atoms with Crippen LogP contribution in [0, 0.1) is 0 Å². The van der Waals surface area contributed by atoms with Crippen molar-refractivity contribution in [2.45, 2.75) is 4.90 Å². The Morgan fingerprint density at radius 1 is 1.15 bits per heavy atom. The fraction of sp³-hybridized carbons (Fsp3) is 0. The van der Waals surface area contributed by atoms with Gasteiger partial charge in [0.15, 0.2) is 0 Å². The molecule has 3 heteroatoms. The molecule has 1 nitrogen and oxygen atoms in total. The Labute approximate surface area is 86.4 Å². The fourth-order valence-corrected chi connectivity index (χ4v) is 1.65. The second-order valence-electron chi connectivity index (χ2n) is 2.80. The first-order valence-electron chi connectivity index (χ1n) is 3.78. The second kappa shape index (κ2) is 3.13. The number of aromatic hydroxyl groups is 1. The molecule has 0 fully saturated rings. The lowest BCUT2D eigenvalue weighted by Crippen LogP contribution is -1.75. The van der Waals surface area contributed by atoms with Crippen molar-refractivity contribution in [1.82, 2.24) is 0 Å². The van der Waals surface area contributed by atoms with E-state index < -0.39 is 0 Å². The Kier molecular flexibility index (Phi) is 2.10. The number of phenols is 1. The zero-order valence-electron chi connectivity index (χ0n) is 6.66. The van der Waals surface area contributed by atoms with Crippen LogP contribution in [0.25, 0.3) is 10.8 Å². The van der Waals surface area contributed by atoms with E-state index >= 15 is 0 Å². The molecule has 0 saturated carbocycles. The molecule has 0 radical (unpaired) electrons. The minimum absolute atomic E-state index is 0.206. The number of rotatable bonds is 0. The molecule has 0 saturated heterocycles. The summed E-state index contributed by atoms with van der Waals surface area (Å²) in [4.78, 5) is 0.579. The standard InChI is InChI=1S/C10H7ClOS/c11-7-2-3-8-6(5-7)1-4-9(13)10(8)12/h1-5,12-13H. The number of benzene rings is 2. The Bertz CT molecular complexity index is 468. The first-order valence-corrected chi connectivity index (χ1v) is 4.61. The molecule has 66 valence electrons. The third-order valence-electron chi connectivity index (χ3n) is 1.93. The van der Waals surface area contributed by atoms with Gasteiger partial charge in [0.2, 0.25) is 0 Å². The quantitative estimate of drug-likeness (QED) is 0.638. The summed E-state index contributed by atoms with van der Waals surface area (Å²) in [5, 5.41) is 12.0. The molecular formula is C10H7ClOS. The highest BCUT2D eigenvalue weighted by atomic mass is 35.5. The molecule has 1 N–H and O–H groups in total. The average molecular weight is 211 g/mol. The Balaban J connectivity index is 2.87. The van der Waals surface area contributed by atoms with Crippen LogP contribution in [0.15, 0.2) is 35.2 Å². The minimum atomic E-state index is 0.206. The summed E-state index contributed by atoms with van der Waals surface area (Å²) in [6, 6.07) is 8.97. The zero-order chi connectivity index (χ0) is 9.42. The summed E-state index contributed by atoms with van der Waals surface area (Å²) in [6.45, 7) is 0. The van der Waals surface area contributed by atoms with E-state index in [1.54, 1.807) is 18.2 Å². The third kappa shape index (κ3) is 1.47. The summed E-state index contributed by atoms with van der Waals surface area (Å²) >= 11 is 9.93. The van der Waals surface area contributed by atoms with Gasteiger partial charge in [0.05, 0.1) is 0 Å². The highest BCUT2D eigenvalue weighted by Gasteiger charge is 2.02. The largest absolute Gasteiger partial charge is 0.506 e. The minimum Gasteiger partial charge on any atom is -0.506 e. The van der Waals surface area contributed by atoms with Gasteiger partial charge in [-0.2, -0.15) is 0 Å². The van der Waals surface area contributed by atoms with Gasteiger partial charge in [0.1, 0.15) is 5.75 Å². The van der Waals surface area contributed by atoms with Crippen LogP contribution in [0.4, 0.5) is 0 Å². The van der Waals surface area contributed by atoms with Gasteiger partial charge in [-0.15, -0.1) is 12.6 Å². The smallest absolute Gasteiger partial charge is 0.136 e. The van der Waals surface area contributed by atoms with Crippen molar-refractivity contribution in [2.24, 2.45) is 0 Å². The van der Waals surface area contributed by atoms with Crippen molar-refractivity contribution >= 4 is 35.0 Å². The van der Waals surface area contributed by atoms with E-state index in [1.165, 1.54) is 0 Å². The molecule has 0 unspecified atom stereocenters. The molecule has 0 heterocycles. The van der Waals surface area contributed by atoms with E-state index in [0.29, 0.717) is 9.92 Å². The van der Waals surface area contributed by atoms with Gasteiger partial charge in [0, 0.05) is 15.3 Å². The van der Waals surface area contributed by atoms with Gasteiger partial charge in [-0.05, 0) is 29.7 Å². The molecule has 0 atom stereocenters. The number of fused-ring (bicyclic) bond motifs is 1. The molecule has 0 aliphatic carbocycles. The van der Waals surface area contributed by atoms with Gasteiger partial charge in [0.25, 0.3) is 0 Å². The summed E-state index contributed by atoms with van der Waals surface area (Å²) in [7, 11) is 0. The number of hydrogen-bond acceptors (Lipinski definition) is 2. The van der Waals surface area contributed by atoms with Gasteiger partial charge in [-0.1, -0.05) is 17.7 Å². The molecule has 2 rings (SSSR count). The van der Waals surface area contributed by atoms with Gasteiger partial charge >= 0.3 is 0 Å². The van der Waals surface area contributed by atoms with E-state index in [1.807, 2.05) is 12.1 Å². The van der Waals surface area contributed by atoms with Gasteiger partial charge in [-0.3, -0.25) is 0 Å². The summed E-state index contributed by atoms with van der Waals surface area (Å²) in [6.07, 6.45) is 0. The van der Waals surface area contributed by atoms with Crippen LogP contribution in [-0.2, 0) is 0 Å². The average Bonchev–Trinajstić information content (AvgIpc) is 2.12. The predicted molar refractivity (Wildman–Crippen MR) is 57.9 cm³/mol. The second-order valence-corrected chi connectivity index (χ2v) is 3.72. The summed E-state index contributed by atoms with van der Waals surface area (Å²) in [5.74, 6) is 0.206. The van der Waals surface area contributed by atoms with Crippen molar-refractivity contribution in [1.29, 1.82) is 0 Å². The lowest BCUT2D eigenvalue weighted by molar-refractivity contribution is 0.469. The maximum Gasteiger partial charge on any atom is 0.136 e. The molecule has 0 aliphatic rings. The molecule has 0 aromatic heterocycles. The van der Waals surface area contributed by atoms with E-state index in [0.717, 1.165) is 10.8 Å². The van der Waals surface area contributed by atoms with Crippen LogP contribution in [0.3, 0.4) is 0 Å². The first-order chi connectivity index (χ1) is 6.18. The highest BCUT2D eigenvalue weighted by molar-refractivity contribution is 7.80. The lowest BCUT2D eigenvalue weighted by atomic mass is 10.1. The molecule has 2 aromatic carbocycles. The maximum absolute atomic E-state index is 9.63. The van der Waals surface area contributed by atoms with Crippen molar-refractivity contribution < 1.29 is 5.11 Å². The molecule has 0 amide bonds. The molecule has 0 spiro atoms. The van der Waals surface area contributed by atoms with Crippen molar-refractivity contribution in [3.8, 4) is 5.75 Å². The van der Waals surface area contributed by atoms with Crippen molar-refractivity contribution in [2.75, 3.05) is 0 Å².